The standard InChI is InChI=1S/C18H25FN2OS2/c19-15-5-7-16(8-6-15)20-10-12-21(13-11-20)18(22)4-2-1-3-17-9-14-23-24-17/h5-8,17H,1-4,9-14H2/t17-/m0/s1. The molecule has 0 aliphatic carbocycles. The van der Waals surface area contributed by atoms with Crippen molar-refractivity contribution >= 4 is 33.2 Å². The number of carbonyl (C=O) groups excluding carboxylic acids is 1. The van der Waals surface area contributed by atoms with Gasteiger partial charge in [0.25, 0.3) is 0 Å². The monoisotopic (exact) mass is 368 g/mol. The van der Waals surface area contributed by atoms with Crippen LogP contribution in [-0.4, -0.2) is 48.0 Å². The van der Waals surface area contributed by atoms with Gasteiger partial charge >= 0.3 is 0 Å². The van der Waals surface area contributed by atoms with E-state index in [-0.39, 0.29) is 5.82 Å². The molecule has 1 aromatic rings. The lowest BCUT2D eigenvalue weighted by Gasteiger charge is -2.36. The molecule has 0 saturated carbocycles. The fourth-order valence-electron chi connectivity index (χ4n) is 3.24. The molecule has 1 aromatic carbocycles. The van der Waals surface area contributed by atoms with E-state index in [1.54, 1.807) is 0 Å². The predicted molar refractivity (Wildman–Crippen MR) is 102 cm³/mol. The summed E-state index contributed by atoms with van der Waals surface area (Å²) >= 11 is 0. The van der Waals surface area contributed by atoms with Crippen LogP contribution in [0, 0.1) is 5.82 Å². The quantitative estimate of drug-likeness (QED) is 0.555. The van der Waals surface area contributed by atoms with Crippen molar-refractivity contribution < 1.29 is 9.18 Å². The Hall–Kier alpha value is -0.880. The molecule has 2 fully saturated rings. The van der Waals surface area contributed by atoms with Crippen molar-refractivity contribution in [1.29, 1.82) is 0 Å². The van der Waals surface area contributed by atoms with Gasteiger partial charge in [0.2, 0.25) is 5.91 Å². The average Bonchev–Trinajstić information content (AvgIpc) is 3.13. The van der Waals surface area contributed by atoms with Crippen LogP contribution in [0.2, 0.25) is 0 Å². The van der Waals surface area contributed by atoms with Gasteiger partial charge in [-0.15, -0.1) is 0 Å². The van der Waals surface area contributed by atoms with Crippen LogP contribution in [0.3, 0.4) is 0 Å². The molecule has 3 rings (SSSR count). The maximum atomic E-state index is 13.0. The Labute approximate surface area is 151 Å². The van der Waals surface area contributed by atoms with Crippen LogP contribution in [0.5, 0.6) is 0 Å². The first-order chi connectivity index (χ1) is 11.7. The fourth-order valence-corrected chi connectivity index (χ4v) is 6.26. The molecule has 1 amide bonds. The van der Waals surface area contributed by atoms with E-state index in [1.165, 1.54) is 37.1 Å². The van der Waals surface area contributed by atoms with E-state index in [0.717, 1.165) is 43.5 Å². The van der Waals surface area contributed by atoms with Crippen LogP contribution in [-0.2, 0) is 4.79 Å². The molecule has 2 heterocycles. The highest BCUT2D eigenvalue weighted by Crippen LogP contribution is 2.39. The number of halogens is 1. The van der Waals surface area contributed by atoms with Gasteiger partial charge < -0.3 is 9.80 Å². The lowest BCUT2D eigenvalue weighted by Crippen LogP contribution is -2.48. The normalized spacial score (nSPS) is 21.3. The van der Waals surface area contributed by atoms with Crippen molar-refractivity contribution in [3.63, 3.8) is 0 Å². The number of anilines is 1. The number of rotatable bonds is 6. The number of hydrogen-bond donors (Lipinski definition) is 0. The maximum absolute atomic E-state index is 13.0. The molecule has 3 nitrogen and oxygen atoms in total. The van der Waals surface area contributed by atoms with Crippen LogP contribution < -0.4 is 4.90 Å². The van der Waals surface area contributed by atoms with E-state index in [1.807, 2.05) is 38.6 Å². The first-order valence-electron chi connectivity index (χ1n) is 8.79. The van der Waals surface area contributed by atoms with E-state index in [2.05, 4.69) is 4.90 Å². The van der Waals surface area contributed by atoms with E-state index in [9.17, 15) is 9.18 Å². The Bertz CT molecular complexity index is 526. The van der Waals surface area contributed by atoms with Crippen LogP contribution in [0.1, 0.15) is 32.1 Å². The zero-order valence-electron chi connectivity index (χ0n) is 14.0. The lowest BCUT2D eigenvalue weighted by molar-refractivity contribution is -0.131. The van der Waals surface area contributed by atoms with Crippen LogP contribution in [0.4, 0.5) is 10.1 Å². The Balaban J connectivity index is 1.34. The third-order valence-corrected chi connectivity index (χ3v) is 7.72. The molecular formula is C18H25FN2OS2. The molecule has 0 unspecified atom stereocenters. The second-order valence-corrected chi connectivity index (χ2v) is 9.21. The summed E-state index contributed by atoms with van der Waals surface area (Å²) in [6.45, 7) is 3.19. The summed E-state index contributed by atoms with van der Waals surface area (Å²) in [4.78, 5) is 16.5. The summed E-state index contributed by atoms with van der Waals surface area (Å²) in [5.41, 5.74) is 1.04. The SMILES string of the molecule is O=C(CCCC[C@H]1CCSS1)N1CCN(c2ccc(F)cc2)CC1. The van der Waals surface area contributed by atoms with Crippen molar-refractivity contribution in [3.05, 3.63) is 30.1 Å². The van der Waals surface area contributed by atoms with Gasteiger partial charge in [0.1, 0.15) is 5.82 Å². The van der Waals surface area contributed by atoms with Crippen molar-refractivity contribution in [3.8, 4) is 0 Å². The van der Waals surface area contributed by atoms with Crippen LogP contribution in [0.15, 0.2) is 24.3 Å². The smallest absolute Gasteiger partial charge is 0.222 e. The van der Waals surface area contributed by atoms with E-state index in [0.29, 0.717) is 12.3 Å². The number of piperazine rings is 1. The summed E-state index contributed by atoms with van der Waals surface area (Å²) in [5, 5.41) is 0.810. The first kappa shape index (κ1) is 17.9. The molecule has 6 heteroatoms. The molecule has 2 saturated heterocycles. The Morgan fingerprint density at radius 2 is 1.88 bits per heavy atom. The Morgan fingerprint density at radius 1 is 1.12 bits per heavy atom. The Kier molecular flexibility index (Phi) is 6.72. The number of hydrogen-bond acceptors (Lipinski definition) is 4. The zero-order chi connectivity index (χ0) is 16.8. The lowest BCUT2D eigenvalue weighted by atomic mass is 10.1. The fraction of sp³-hybridized carbons (Fsp3) is 0.611. The summed E-state index contributed by atoms with van der Waals surface area (Å²) in [6, 6.07) is 6.61. The van der Waals surface area contributed by atoms with Gasteiger partial charge in [-0.25, -0.2) is 4.39 Å². The number of amides is 1. The minimum atomic E-state index is -0.206. The average molecular weight is 369 g/mol. The third kappa shape index (κ3) is 5.06. The highest BCUT2D eigenvalue weighted by atomic mass is 33.1. The van der Waals surface area contributed by atoms with Crippen molar-refractivity contribution in [1.82, 2.24) is 4.90 Å². The molecule has 2 aliphatic heterocycles. The molecule has 0 bridgehead atoms. The number of unbranched alkanes of at least 4 members (excludes halogenated alkanes) is 1. The Morgan fingerprint density at radius 3 is 2.54 bits per heavy atom. The number of carbonyl (C=O) groups is 1. The molecule has 0 aromatic heterocycles. The number of benzene rings is 1. The van der Waals surface area contributed by atoms with Gasteiger partial charge in [-0.2, -0.15) is 0 Å². The third-order valence-electron chi connectivity index (χ3n) is 4.72. The zero-order valence-corrected chi connectivity index (χ0v) is 15.6. The first-order valence-corrected chi connectivity index (χ1v) is 11.2. The van der Waals surface area contributed by atoms with Gasteiger partial charge in [0, 0.05) is 49.3 Å². The number of nitrogens with zero attached hydrogens (tertiary/aromatic N) is 2. The second-order valence-electron chi connectivity index (χ2n) is 6.42. The predicted octanol–water partition coefficient (Wildman–Crippen LogP) is 4.19. The van der Waals surface area contributed by atoms with Crippen molar-refractivity contribution in [2.75, 3.05) is 36.8 Å². The summed E-state index contributed by atoms with van der Waals surface area (Å²) < 4.78 is 13.0. The molecule has 24 heavy (non-hydrogen) atoms. The molecule has 0 N–H and O–H groups in total. The minimum absolute atomic E-state index is 0.206. The van der Waals surface area contributed by atoms with Gasteiger partial charge in [-0.3, -0.25) is 4.79 Å². The summed E-state index contributed by atoms with van der Waals surface area (Å²) in [5.74, 6) is 1.37. The molecular weight excluding hydrogens is 343 g/mol. The van der Waals surface area contributed by atoms with Gasteiger partial charge in [-0.05, 0) is 43.5 Å². The molecule has 132 valence electrons. The van der Waals surface area contributed by atoms with Crippen molar-refractivity contribution in [2.45, 2.75) is 37.4 Å². The second kappa shape index (κ2) is 8.99. The van der Waals surface area contributed by atoms with Crippen molar-refractivity contribution in [2.24, 2.45) is 0 Å². The van der Waals surface area contributed by atoms with E-state index < -0.39 is 0 Å². The van der Waals surface area contributed by atoms with E-state index >= 15 is 0 Å². The maximum Gasteiger partial charge on any atom is 0.222 e. The largest absolute Gasteiger partial charge is 0.368 e. The topological polar surface area (TPSA) is 23.6 Å². The molecule has 1 atom stereocenters. The minimum Gasteiger partial charge on any atom is -0.368 e. The van der Waals surface area contributed by atoms with E-state index in [4.69, 9.17) is 0 Å². The van der Waals surface area contributed by atoms with Crippen LogP contribution in [0.25, 0.3) is 0 Å². The van der Waals surface area contributed by atoms with Gasteiger partial charge in [-0.1, -0.05) is 28.0 Å². The molecule has 2 aliphatic rings. The van der Waals surface area contributed by atoms with Crippen LogP contribution >= 0.6 is 21.6 Å². The highest BCUT2D eigenvalue weighted by molar-refractivity contribution is 8.77. The molecule has 0 spiro atoms. The summed E-state index contributed by atoms with van der Waals surface area (Å²) in [6.07, 6.45) is 5.44. The van der Waals surface area contributed by atoms with Gasteiger partial charge in [0.05, 0.1) is 0 Å². The highest BCUT2D eigenvalue weighted by Gasteiger charge is 2.21. The summed E-state index contributed by atoms with van der Waals surface area (Å²) in [7, 11) is 4.00. The molecule has 0 radical (unpaired) electrons. The van der Waals surface area contributed by atoms with Gasteiger partial charge in [0.15, 0.2) is 0 Å².